The number of carbonyl (C=O) groups is 1. The van der Waals surface area contributed by atoms with Crippen molar-refractivity contribution >= 4 is 17.8 Å². The number of unbranched alkanes of at least 4 members (excludes halogenated alkanes) is 1. The van der Waals surface area contributed by atoms with E-state index in [0.717, 1.165) is 62.0 Å². The summed E-state index contributed by atoms with van der Waals surface area (Å²) in [5.74, 6) is 0.981. The molecule has 1 aromatic carbocycles. The SMILES string of the molecule is C=C1CC=C(c2ccc([C@@H](C/C=C/C(C)C)CCCC)cc2)C=C1/C(=C\C=NC)N1CC/C=C(\C(=O)OCC)CCC1. The van der Waals surface area contributed by atoms with Gasteiger partial charge >= 0.3 is 5.97 Å². The van der Waals surface area contributed by atoms with Crippen molar-refractivity contribution in [3.05, 3.63) is 101 Å². The summed E-state index contributed by atoms with van der Waals surface area (Å²) in [7, 11) is 1.80. The largest absolute Gasteiger partial charge is 0.463 e. The van der Waals surface area contributed by atoms with Crippen LogP contribution in [0.2, 0.25) is 0 Å². The van der Waals surface area contributed by atoms with Crippen molar-refractivity contribution in [2.45, 2.75) is 85.0 Å². The number of esters is 1. The minimum absolute atomic E-state index is 0.173. The Balaban J connectivity index is 1.83. The predicted octanol–water partition coefficient (Wildman–Crippen LogP) is 9.39. The number of rotatable bonds is 13. The molecule has 0 spiro atoms. The van der Waals surface area contributed by atoms with Gasteiger partial charge in [0.15, 0.2) is 0 Å². The Bertz CT molecular complexity index is 1220. The highest BCUT2D eigenvalue weighted by Gasteiger charge is 2.22. The fraction of sp³-hybridized carbons (Fsp3) is 0.474. The highest BCUT2D eigenvalue weighted by Crippen LogP contribution is 2.35. The molecule has 0 N–H and O–H groups in total. The zero-order valence-corrected chi connectivity index (χ0v) is 26.7. The van der Waals surface area contributed by atoms with Gasteiger partial charge in [0.05, 0.1) is 6.61 Å². The molecule has 0 radical (unpaired) electrons. The molecule has 4 nitrogen and oxygen atoms in total. The maximum atomic E-state index is 12.3. The van der Waals surface area contributed by atoms with Crippen LogP contribution in [0.5, 0.6) is 0 Å². The number of ether oxygens (including phenoxy) is 1. The maximum absolute atomic E-state index is 12.3. The molecule has 0 fully saturated rings. The first-order valence-electron chi connectivity index (χ1n) is 16.0. The van der Waals surface area contributed by atoms with Gasteiger partial charge in [0, 0.05) is 43.2 Å². The van der Waals surface area contributed by atoms with Crippen LogP contribution in [0.3, 0.4) is 0 Å². The molecule has 0 bridgehead atoms. The molecule has 0 saturated heterocycles. The molecule has 1 heterocycles. The number of aliphatic imine (C=N–C) groups is 1. The summed E-state index contributed by atoms with van der Waals surface area (Å²) < 4.78 is 5.25. The lowest BCUT2D eigenvalue weighted by Crippen LogP contribution is -2.29. The Labute approximate surface area is 255 Å². The standard InChI is InChI=1S/C38H52N2O2/c1-7-9-14-31(15-10-13-29(3)4)32-20-22-33(23-21-32)35-19-18-30(5)36(28-35)37(24-25-39-6)40-26-11-16-34(17-12-27-40)38(41)42-8-2/h10,13,16,19-25,28-29,31H,5,7-9,11-12,14-15,17-18,26-27H2,1-4,6H3/b13-10+,34-16-,37-24+,39-25?/t31-/m1/s1. The molecule has 0 amide bonds. The number of hydrogen-bond acceptors (Lipinski definition) is 4. The smallest absolute Gasteiger partial charge is 0.333 e. The Morgan fingerprint density at radius 3 is 2.62 bits per heavy atom. The van der Waals surface area contributed by atoms with Gasteiger partial charge in [-0.05, 0) is 91.7 Å². The third kappa shape index (κ3) is 9.86. The van der Waals surface area contributed by atoms with Gasteiger partial charge in [-0.1, -0.05) is 88.8 Å². The molecule has 0 saturated carbocycles. The lowest BCUT2D eigenvalue weighted by molar-refractivity contribution is -0.138. The van der Waals surface area contributed by atoms with Gasteiger partial charge in [-0.3, -0.25) is 4.99 Å². The maximum Gasteiger partial charge on any atom is 0.333 e. The number of allylic oxidation sites excluding steroid dienone is 7. The van der Waals surface area contributed by atoms with E-state index in [1.54, 1.807) is 7.05 Å². The van der Waals surface area contributed by atoms with E-state index in [9.17, 15) is 4.79 Å². The second-order valence-corrected chi connectivity index (χ2v) is 11.7. The third-order valence-electron chi connectivity index (χ3n) is 8.01. The van der Waals surface area contributed by atoms with Crippen LogP contribution in [0.1, 0.15) is 96.1 Å². The lowest BCUT2D eigenvalue weighted by atomic mass is 9.86. The quantitative estimate of drug-likeness (QED) is 0.135. The van der Waals surface area contributed by atoms with E-state index >= 15 is 0 Å². The molecule has 2 aliphatic rings. The van der Waals surface area contributed by atoms with Crippen LogP contribution in [0, 0.1) is 5.92 Å². The van der Waals surface area contributed by atoms with E-state index in [-0.39, 0.29) is 5.97 Å². The molecule has 0 aromatic heterocycles. The van der Waals surface area contributed by atoms with Crippen LogP contribution >= 0.6 is 0 Å². The molecular weight excluding hydrogens is 516 g/mol. The first-order chi connectivity index (χ1) is 20.4. The van der Waals surface area contributed by atoms with Crippen molar-refractivity contribution in [1.82, 2.24) is 4.90 Å². The molecule has 226 valence electrons. The van der Waals surface area contributed by atoms with E-state index in [0.29, 0.717) is 18.4 Å². The monoisotopic (exact) mass is 568 g/mol. The fourth-order valence-corrected chi connectivity index (χ4v) is 5.68. The van der Waals surface area contributed by atoms with E-state index in [4.69, 9.17) is 4.74 Å². The molecule has 42 heavy (non-hydrogen) atoms. The summed E-state index contributed by atoms with van der Waals surface area (Å²) in [5.41, 5.74) is 8.16. The zero-order valence-electron chi connectivity index (χ0n) is 26.7. The Hall–Kier alpha value is -3.40. The van der Waals surface area contributed by atoms with Crippen molar-refractivity contribution in [2.24, 2.45) is 10.9 Å². The second kappa shape index (κ2) is 17.5. The van der Waals surface area contributed by atoms with Gasteiger partial charge in [-0.15, -0.1) is 0 Å². The van der Waals surface area contributed by atoms with Gasteiger partial charge in [-0.2, -0.15) is 0 Å². The van der Waals surface area contributed by atoms with Gasteiger partial charge < -0.3 is 9.64 Å². The molecule has 1 aromatic rings. The van der Waals surface area contributed by atoms with Crippen LogP contribution in [-0.4, -0.2) is 43.8 Å². The highest BCUT2D eigenvalue weighted by atomic mass is 16.5. The number of carbonyl (C=O) groups excluding carboxylic acids is 1. The summed E-state index contributed by atoms with van der Waals surface area (Å²) in [5, 5.41) is 0. The van der Waals surface area contributed by atoms with Gasteiger partial charge in [0.2, 0.25) is 0 Å². The summed E-state index contributed by atoms with van der Waals surface area (Å²) in [4.78, 5) is 19.0. The normalized spacial score (nSPS) is 18.9. The molecule has 1 aliphatic carbocycles. The molecule has 0 unspecified atom stereocenters. The van der Waals surface area contributed by atoms with Crippen molar-refractivity contribution in [3.8, 4) is 0 Å². The van der Waals surface area contributed by atoms with Crippen LogP contribution < -0.4 is 0 Å². The van der Waals surface area contributed by atoms with Crippen molar-refractivity contribution < 1.29 is 9.53 Å². The average molecular weight is 569 g/mol. The summed E-state index contributed by atoms with van der Waals surface area (Å²) in [6.45, 7) is 15.2. The molecule has 4 heteroatoms. The van der Waals surface area contributed by atoms with Gasteiger partial charge in [0.25, 0.3) is 0 Å². The summed E-state index contributed by atoms with van der Waals surface area (Å²) in [6.07, 6.45) is 23.4. The summed E-state index contributed by atoms with van der Waals surface area (Å²) in [6, 6.07) is 9.26. The minimum atomic E-state index is -0.173. The minimum Gasteiger partial charge on any atom is -0.463 e. The van der Waals surface area contributed by atoms with E-state index in [1.807, 2.05) is 13.1 Å². The van der Waals surface area contributed by atoms with E-state index in [1.165, 1.54) is 41.5 Å². The first-order valence-corrected chi connectivity index (χ1v) is 16.0. The second-order valence-electron chi connectivity index (χ2n) is 11.7. The number of nitrogens with zero attached hydrogens (tertiary/aromatic N) is 2. The van der Waals surface area contributed by atoms with Crippen LogP contribution in [0.15, 0.2) is 94.7 Å². The summed E-state index contributed by atoms with van der Waals surface area (Å²) >= 11 is 0. The topological polar surface area (TPSA) is 41.9 Å². The molecule has 3 rings (SSSR count). The Morgan fingerprint density at radius 1 is 1.14 bits per heavy atom. The molecule has 1 atom stereocenters. The first kappa shape index (κ1) is 33.1. The average Bonchev–Trinajstić information content (AvgIpc) is 2.96. The number of benzene rings is 1. The Morgan fingerprint density at radius 2 is 1.93 bits per heavy atom. The zero-order chi connectivity index (χ0) is 30.3. The van der Waals surface area contributed by atoms with Crippen LogP contribution in [0.25, 0.3) is 5.57 Å². The number of hydrogen-bond donors (Lipinski definition) is 0. The predicted molar refractivity (Wildman–Crippen MR) is 180 cm³/mol. The van der Waals surface area contributed by atoms with Crippen molar-refractivity contribution in [2.75, 3.05) is 26.7 Å². The Kier molecular flexibility index (Phi) is 13.8. The molecular formula is C38H52N2O2. The van der Waals surface area contributed by atoms with Crippen LogP contribution in [-0.2, 0) is 9.53 Å². The van der Waals surface area contributed by atoms with E-state index < -0.39 is 0 Å². The highest BCUT2D eigenvalue weighted by molar-refractivity contribution is 5.88. The lowest BCUT2D eigenvalue weighted by Gasteiger charge is -2.32. The van der Waals surface area contributed by atoms with E-state index in [2.05, 4.69) is 98.0 Å². The van der Waals surface area contributed by atoms with Crippen molar-refractivity contribution in [3.63, 3.8) is 0 Å². The van der Waals surface area contributed by atoms with Crippen LogP contribution in [0.4, 0.5) is 0 Å². The fourth-order valence-electron chi connectivity index (χ4n) is 5.68. The van der Waals surface area contributed by atoms with Crippen molar-refractivity contribution in [1.29, 1.82) is 0 Å². The van der Waals surface area contributed by atoms with Gasteiger partial charge in [-0.25, -0.2) is 4.79 Å². The molecule has 1 aliphatic heterocycles. The third-order valence-corrected chi connectivity index (χ3v) is 8.01. The van der Waals surface area contributed by atoms with Gasteiger partial charge in [0.1, 0.15) is 0 Å².